The van der Waals surface area contributed by atoms with E-state index in [0.29, 0.717) is 29.3 Å². The smallest absolute Gasteiger partial charge is 0.128 e. The molecular weight excluding hydrogens is 279 g/mol. The van der Waals surface area contributed by atoms with Gasteiger partial charge in [0.2, 0.25) is 0 Å². The lowest BCUT2D eigenvalue weighted by Crippen LogP contribution is -2.35. The molecule has 0 saturated heterocycles. The van der Waals surface area contributed by atoms with Gasteiger partial charge in [0.1, 0.15) is 11.6 Å². The highest BCUT2D eigenvalue weighted by Gasteiger charge is 2.44. The van der Waals surface area contributed by atoms with E-state index >= 15 is 0 Å². The summed E-state index contributed by atoms with van der Waals surface area (Å²) in [5.74, 6) is -0.408. The van der Waals surface area contributed by atoms with Gasteiger partial charge in [-0.05, 0) is 25.0 Å². The number of aromatic amines is 1. The van der Waals surface area contributed by atoms with Crippen LogP contribution < -0.4 is 0 Å². The van der Waals surface area contributed by atoms with Crippen LogP contribution in [0, 0.1) is 5.82 Å². The number of benzene rings is 1. The molecule has 0 amide bonds. The maximum Gasteiger partial charge on any atom is 0.128 e. The van der Waals surface area contributed by atoms with Crippen molar-refractivity contribution >= 4 is 11.6 Å². The van der Waals surface area contributed by atoms with Crippen LogP contribution in [0.2, 0.25) is 5.02 Å². The van der Waals surface area contributed by atoms with Gasteiger partial charge in [-0.1, -0.05) is 30.5 Å². The van der Waals surface area contributed by atoms with E-state index in [-0.39, 0.29) is 0 Å². The predicted molar refractivity (Wildman–Crippen MR) is 75.3 cm³/mol. The highest BCUT2D eigenvalue weighted by atomic mass is 35.5. The molecule has 1 aliphatic carbocycles. The van der Waals surface area contributed by atoms with Crippen LogP contribution in [-0.4, -0.2) is 20.7 Å². The Labute approximate surface area is 121 Å². The van der Waals surface area contributed by atoms with E-state index in [0.717, 1.165) is 12.8 Å². The summed E-state index contributed by atoms with van der Waals surface area (Å²) in [5.41, 5.74) is -0.669. The quantitative estimate of drug-likeness (QED) is 0.908. The zero-order chi connectivity index (χ0) is 14.2. The number of H-pyrrole nitrogens is 1. The molecule has 1 fully saturated rings. The monoisotopic (exact) mass is 294 g/mol. The van der Waals surface area contributed by atoms with E-state index in [1.807, 2.05) is 0 Å². The van der Waals surface area contributed by atoms with Gasteiger partial charge < -0.3 is 10.1 Å². The molecule has 3 nitrogen and oxygen atoms in total. The van der Waals surface area contributed by atoms with Gasteiger partial charge >= 0.3 is 0 Å². The summed E-state index contributed by atoms with van der Waals surface area (Å²) in [6.07, 6.45) is 6.40. The Hall–Kier alpha value is -1.39. The first-order chi connectivity index (χ1) is 9.62. The SMILES string of the molecule is OC1(C(c2ncc[nH]2)c2c(F)cccc2Cl)CCCC1. The topological polar surface area (TPSA) is 48.9 Å². The van der Waals surface area contributed by atoms with E-state index < -0.39 is 17.3 Å². The second kappa shape index (κ2) is 5.19. The molecule has 0 aliphatic heterocycles. The van der Waals surface area contributed by atoms with Crippen LogP contribution in [0.3, 0.4) is 0 Å². The fraction of sp³-hybridized carbons (Fsp3) is 0.400. The van der Waals surface area contributed by atoms with E-state index in [9.17, 15) is 9.50 Å². The third kappa shape index (κ3) is 2.23. The maximum atomic E-state index is 14.3. The molecule has 1 atom stereocenters. The minimum absolute atomic E-state index is 0.326. The first-order valence-electron chi connectivity index (χ1n) is 6.77. The van der Waals surface area contributed by atoms with Gasteiger partial charge in [-0.2, -0.15) is 0 Å². The summed E-state index contributed by atoms with van der Waals surface area (Å²) < 4.78 is 14.3. The molecule has 1 aliphatic rings. The number of nitrogens with one attached hydrogen (secondary N) is 1. The average Bonchev–Trinajstić information content (AvgIpc) is 3.06. The van der Waals surface area contributed by atoms with E-state index in [1.54, 1.807) is 24.5 Å². The van der Waals surface area contributed by atoms with Crippen LogP contribution in [0.25, 0.3) is 0 Å². The summed E-state index contributed by atoms with van der Waals surface area (Å²) >= 11 is 6.19. The summed E-state index contributed by atoms with van der Waals surface area (Å²) in [6, 6.07) is 4.59. The lowest BCUT2D eigenvalue weighted by atomic mass is 9.80. The third-order valence-electron chi connectivity index (χ3n) is 4.09. The molecule has 0 radical (unpaired) electrons. The molecule has 1 aromatic carbocycles. The van der Waals surface area contributed by atoms with Gasteiger partial charge in [-0.25, -0.2) is 9.37 Å². The Balaban J connectivity index is 2.16. The second-order valence-electron chi connectivity index (χ2n) is 5.35. The van der Waals surface area contributed by atoms with Crippen LogP contribution in [0.15, 0.2) is 30.6 Å². The van der Waals surface area contributed by atoms with Gasteiger partial charge in [0, 0.05) is 23.0 Å². The normalized spacial score (nSPS) is 19.1. The summed E-state index contributed by atoms with van der Waals surface area (Å²) in [7, 11) is 0. The first-order valence-corrected chi connectivity index (χ1v) is 7.15. The molecule has 0 spiro atoms. The van der Waals surface area contributed by atoms with E-state index in [4.69, 9.17) is 11.6 Å². The van der Waals surface area contributed by atoms with Gasteiger partial charge in [0.05, 0.1) is 11.5 Å². The lowest BCUT2D eigenvalue weighted by Gasteiger charge is -2.32. The fourth-order valence-electron chi connectivity index (χ4n) is 3.16. The Morgan fingerprint density at radius 1 is 1.35 bits per heavy atom. The highest BCUT2D eigenvalue weighted by molar-refractivity contribution is 6.31. The number of hydrogen-bond donors (Lipinski definition) is 2. The van der Waals surface area contributed by atoms with Gasteiger partial charge in [-0.3, -0.25) is 0 Å². The molecule has 2 aromatic rings. The molecule has 1 heterocycles. The molecule has 2 N–H and O–H groups in total. The van der Waals surface area contributed by atoms with Crippen molar-refractivity contribution in [1.29, 1.82) is 0 Å². The van der Waals surface area contributed by atoms with Gasteiger partial charge in [-0.15, -0.1) is 0 Å². The van der Waals surface area contributed by atoms with Crippen LogP contribution in [0.1, 0.15) is 43.0 Å². The van der Waals surface area contributed by atoms with Crippen molar-refractivity contribution in [3.05, 3.63) is 52.8 Å². The Morgan fingerprint density at radius 3 is 2.70 bits per heavy atom. The minimum atomic E-state index is -0.996. The zero-order valence-corrected chi connectivity index (χ0v) is 11.7. The minimum Gasteiger partial charge on any atom is -0.389 e. The van der Waals surface area contributed by atoms with Crippen molar-refractivity contribution in [2.24, 2.45) is 0 Å². The number of rotatable bonds is 3. The molecular formula is C15H16ClFN2O. The number of hydrogen-bond acceptors (Lipinski definition) is 2. The van der Waals surface area contributed by atoms with E-state index in [2.05, 4.69) is 9.97 Å². The van der Waals surface area contributed by atoms with Gasteiger partial charge in [0.15, 0.2) is 0 Å². The highest BCUT2D eigenvalue weighted by Crippen LogP contribution is 2.46. The lowest BCUT2D eigenvalue weighted by molar-refractivity contribution is 0.0276. The average molecular weight is 295 g/mol. The molecule has 106 valence electrons. The second-order valence-corrected chi connectivity index (χ2v) is 5.76. The van der Waals surface area contributed by atoms with Crippen molar-refractivity contribution in [1.82, 2.24) is 9.97 Å². The number of aliphatic hydroxyl groups is 1. The number of nitrogens with zero attached hydrogens (tertiary/aromatic N) is 1. The third-order valence-corrected chi connectivity index (χ3v) is 4.42. The molecule has 1 aromatic heterocycles. The van der Waals surface area contributed by atoms with Crippen molar-refractivity contribution in [3.63, 3.8) is 0 Å². The number of aromatic nitrogens is 2. The number of halogens is 2. The van der Waals surface area contributed by atoms with Crippen LogP contribution in [-0.2, 0) is 0 Å². The van der Waals surface area contributed by atoms with Crippen LogP contribution in [0.5, 0.6) is 0 Å². The predicted octanol–water partition coefficient (Wildman–Crippen LogP) is 3.64. The van der Waals surface area contributed by atoms with Crippen molar-refractivity contribution in [2.45, 2.75) is 37.2 Å². The Bertz CT molecular complexity index is 574. The first kappa shape index (κ1) is 13.6. The molecule has 3 rings (SSSR count). The fourth-order valence-corrected chi connectivity index (χ4v) is 3.43. The van der Waals surface area contributed by atoms with E-state index in [1.165, 1.54) is 6.07 Å². The Morgan fingerprint density at radius 2 is 2.10 bits per heavy atom. The van der Waals surface area contributed by atoms with Crippen LogP contribution >= 0.6 is 11.6 Å². The molecule has 1 unspecified atom stereocenters. The van der Waals surface area contributed by atoms with Crippen molar-refractivity contribution in [3.8, 4) is 0 Å². The molecule has 20 heavy (non-hydrogen) atoms. The van der Waals surface area contributed by atoms with Crippen LogP contribution in [0.4, 0.5) is 4.39 Å². The largest absolute Gasteiger partial charge is 0.389 e. The van der Waals surface area contributed by atoms with Crippen molar-refractivity contribution < 1.29 is 9.50 Å². The molecule has 1 saturated carbocycles. The molecule has 0 bridgehead atoms. The Kier molecular flexibility index (Phi) is 3.52. The maximum absolute atomic E-state index is 14.3. The number of imidazole rings is 1. The summed E-state index contributed by atoms with van der Waals surface area (Å²) in [6.45, 7) is 0. The standard InChI is InChI=1S/C15H16ClFN2O/c16-10-4-3-5-11(17)12(10)13(14-18-8-9-19-14)15(20)6-1-2-7-15/h3-5,8-9,13,20H,1-2,6-7H2,(H,18,19). The van der Waals surface area contributed by atoms with Crippen molar-refractivity contribution in [2.75, 3.05) is 0 Å². The van der Waals surface area contributed by atoms with Gasteiger partial charge in [0.25, 0.3) is 0 Å². The summed E-state index contributed by atoms with van der Waals surface area (Å²) in [4.78, 5) is 7.22. The summed E-state index contributed by atoms with van der Waals surface area (Å²) in [5, 5.41) is 11.3. The zero-order valence-electron chi connectivity index (χ0n) is 10.9. The molecule has 5 heteroatoms.